The van der Waals surface area contributed by atoms with Gasteiger partial charge in [0.2, 0.25) is 0 Å². The average molecular weight is 389 g/mol. The molecule has 0 saturated carbocycles. The number of anilines is 1. The largest absolute Gasteiger partial charge is 0.497 e. The Morgan fingerprint density at radius 2 is 1.96 bits per heavy atom. The van der Waals surface area contributed by atoms with E-state index >= 15 is 0 Å². The zero-order valence-corrected chi connectivity index (χ0v) is 15.7. The number of amides is 1. The summed E-state index contributed by atoms with van der Waals surface area (Å²) in [4.78, 5) is 12.6. The van der Waals surface area contributed by atoms with Crippen LogP contribution in [0.25, 0.3) is 0 Å². The highest BCUT2D eigenvalue weighted by atomic mass is 79.9. The van der Waals surface area contributed by atoms with Crippen LogP contribution in [-0.4, -0.2) is 17.6 Å². The molecule has 1 aromatic carbocycles. The summed E-state index contributed by atoms with van der Waals surface area (Å²) in [6, 6.07) is 10.1. The molecule has 1 aromatic heterocycles. The second-order valence-corrected chi connectivity index (χ2v) is 6.96. The third-order valence-corrected chi connectivity index (χ3v) is 5.15. The summed E-state index contributed by atoms with van der Waals surface area (Å²) in [5, 5.41) is 2.98. The molecule has 1 atom stereocenters. The first kappa shape index (κ1) is 16.8. The van der Waals surface area contributed by atoms with Gasteiger partial charge in [-0.25, -0.2) is 0 Å². The number of nitrogens with one attached hydrogen (secondary N) is 1. The lowest BCUT2D eigenvalue weighted by atomic mass is 10.1. The van der Waals surface area contributed by atoms with E-state index in [9.17, 15) is 4.79 Å². The SMILES string of the molecule is COc1ccc(NC(=O)C2=CC[C@@H](n3c(C)ccc3C)C2)c(Br)c1. The number of hydrogen-bond donors (Lipinski definition) is 1. The van der Waals surface area contributed by atoms with Gasteiger partial charge in [0.05, 0.1) is 12.8 Å². The van der Waals surface area contributed by atoms with Crippen LogP contribution in [0.3, 0.4) is 0 Å². The summed E-state index contributed by atoms with van der Waals surface area (Å²) in [6.45, 7) is 4.22. The van der Waals surface area contributed by atoms with Gasteiger partial charge in [0.15, 0.2) is 0 Å². The molecule has 1 heterocycles. The first-order chi connectivity index (χ1) is 11.5. The van der Waals surface area contributed by atoms with Gasteiger partial charge >= 0.3 is 0 Å². The molecule has 0 spiro atoms. The van der Waals surface area contributed by atoms with Gasteiger partial charge in [-0.05, 0) is 73.0 Å². The fourth-order valence-corrected chi connectivity index (χ4v) is 3.72. The van der Waals surface area contributed by atoms with Crippen LogP contribution >= 0.6 is 15.9 Å². The van der Waals surface area contributed by atoms with Crippen molar-refractivity contribution in [3.8, 4) is 5.75 Å². The lowest BCUT2D eigenvalue weighted by Gasteiger charge is -2.18. The maximum Gasteiger partial charge on any atom is 0.251 e. The third-order valence-electron chi connectivity index (χ3n) is 4.50. The van der Waals surface area contributed by atoms with Crippen molar-refractivity contribution in [1.29, 1.82) is 0 Å². The fourth-order valence-electron chi connectivity index (χ4n) is 3.26. The lowest BCUT2D eigenvalue weighted by Crippen LogP contribution is -2.16. The molecule has 1 aliphatic rings. The van der Waals surface area contributed by atoms with Crippen molar-refractivity contribution in [3.05, 3.63) is 57.8 Å². The number of benzene rings is 1. The number of halogens is 1. The van der Waals surface area contributed by atoms with Crippen LogP contribution in [0.4, 0.5) is 5.69 Å². The Kier molecular flexibility index (Phi) is 4.81. The van der Waals surface area contributed by atoms with Crippen LogP contribution in [0.1, 0.15) is 30.3 Å². The van der Waals surface area contributed by atoms with Crippen LogP contribution in [-0.2, 0) is 4.79 Å². The first-order valence-corrected chi connectivity index (χ1v) is 8.77. The minimum absolute atomic E-state index is 0.0363. The predicted molar refractivity (Wildman–Crippen MR) is 99.6 cm³/mol. The molecule has 0 bridgehead atoms. The van der Waals surface area contributed by atoms with E-state index in [1.807, 2.05) is 18.2 Å². The van der Waals surface area contributed by atoms with Gasteiger partial charge in [-0.15, -0.1) is 0 Å². The van der Waals surface area contributed by atoms with E-state index in [2.05, 4.69) is 57.9 Å². The molecule has 2 aromatic rings. The summed E-state index contributed by atoms with van der Waals surface area (Å²) in [5.74, 6) is 0.712. The molecular weight excluding hydrogens is 368 g/mol. The number of carbonyl (C=O) groups excluding carboxylic acids is 1. The van der Waals surface area contributed by atoms with Crippen molar-refractivity contribution in [1.82, 2.24) is 4.57 Å². The summed E-state index contributed by atoms with van der Waals surface area (Å²) >= 11 is 3.47. The molecular formula is C19H21BrN2O2. The van der Waals surface area contributed by atoms with Crippen LogP contribution in [0, 0.1) is 13.8 Å². The molecule has 1 amide bonds. The van der Waals surface area contributed by atoms with Gasteiger partial charge in [-0.2, -0.15) is 0 Å². The lowest BCUT2D eigenvalue weighted by molar-refractivity contribution is -0.113. The van der Waals surface area contributed by atoms with E-state index in [0.29, 0.717) is 6.04 Å². The zero-order chi connectivity index (χ0) is 17.3. The van der Waals surface area contributed by atoms with Crippen molar-refractivity contribution < 1.29 is 9.53 Å². The highest BCUT2D eigenvalue weighted by molar-refractivity contribution is 9.10. The number of rotatable bonds is 4. The molecule has 3 rings (SSSR count). The second-order valence-electron chi connectivity index (χ2n) is 6.11. The van der Waals surface area contributed by atoms with E-state index in [0.717, 1.165) is 34.3 Å². The Balaban J connectivity index is 1.69. The minimum Gasteiger partial charge on any atom is -0.497 e. The standard InChI is InChI=1S/C19H21BrN2O2/c1-12-4-5-13(2)22(12)15-7-6-14(10-15)19(23)21-18-9-8-16(24-3)11-17(18)20/h4-6,8-9,11,15H,7,10H2,1-3H3,(H,21,23)/t15-/m1/s1. The Bertz CT molecular complexity index is 788. The maximum atomic E-state index is 12.6. The summed E-state index contributed by atoms with van der Waals surface area (Å²) in [5.41, 5.74) is 4.07. The number of ether oxygens (including phenoxy) is 1. The van der Waals surface area contributed by atoms with Gasteiger partial charge < -0.3 is 14.6 Å². The van der Waals surface area contributed by atoms with Gasteiger partial charge in [-0.1, -0.05) is 6.08 Å². The molecule has 1 N–H and O–H groups in total. The number of methoxy groups -OCH3 is 1. The molecule has 0 aliphatic heterocycles. The molecule has 5 heteroatoms. The molecule has 0 radical (unpaired) electrons. The second kappa shape index (κ2) is 6.85. The maximum absolute atomic E-state index is 12.6. The number of hydrogen-bond acceptors (Lipinski definition) is 2. The number of aromatic nitrogens is 1. The van der Waals surface area contributed by atoms with Crippen LogP contribution in [0.5, 0.6) is 5.75 Å². The van der Waals surface area contributed by atoms with Crippen molar-refractivity contribution in [2.45, 2.75) is 32.7 Å². The highest BCUT2D eigenvalue weighted by Gasteiger charge is 2.25. The Hall–Kier alpha value is -2.01. The molecule has 126 valence electrons. The van der Waals surface area contributed by atoms with Crippen molar-refractivity contribution >= 4 is 27.5 Å². The van der Waals surface area contributed by atoms with Gasteiger partial charge in [0.1, 0.15) is 5.75 Å². The highest BCUT2D eigenvalue weighted by Crippen LogP contribution is 2.33. The zero-order valence-electron chi connectivity index (χ0n) is 14.1. The van der Waals surface area contributed by atoms with E-state index in [-0.39, 0.29) is 5.91 Å². The minimum atomic E-state index is -0.0363. The smallest absolute Gasteiger partial charge is 0.251 e. The van der Waals surface area contributed by atoms with E-state index in [1.165, 1.54) is 11.4 Å². The molecule has 1 aliphatic carbocycles. The summed E-state index contributed by atoms with van der Waals surface area (Å²) in [7, 11) is 1.62. The monoisotopic (exact) mass is 388 g/mol. The van der Waals surface area contributed by atoms with Crippen LogP contribution in [0.15, 0.2) is 46.5 Å². The Labute approximate surface area is 150 Å². The Morgan fingerprint density at radius 1 is 1.25 bits per heavy atom. The molecule has 0 saturated heterocycles. The normalized spacial score (nSPS) is 16.8. The molecule has 0 fully saturated rings. The van der Waals surface area contributed by atoms with E-state index in [4.69, 9.17) is 4.74 Å². The van der Waals surface area contributed by atoms with Crippen molar-refractivity contribution in [2.75, 3.05) is 12.4 Å². The first-order valence-electron chi connectivity index (χ1n) is 7.98. The van der Waals surface area contributed by atoms with Crippen LogP contribution < -0.4 is 10.1 Å². The summed E-state index contributed by atoms with van der Waals surface area (Å²) in [6.07, 6.45) is 3.70. The molecule has 0 unspecified atom stereocenters. The Morgan fingerprint density at radius 3 is 2.58 bits per heavy atom. The molecule has 24 heavy (non-hydrogen) atoms. The summed E-state index contributed by atoms with van der Waals surface area (Å²) < 4.78 is 8.30. The van der Waals surface area contributed by atoms with E-state index in [1.54, 1.807) is 7.11 Å². The predicted octanol–water partition coefficient (Wildman–Crippen LogP) is 4.78. The van der Waals surface area contributed by atoms with Crippen molar-refractivity contribution in [2.24, 2.45) is 0 Å². The van der Waals surface area contributed by atoms with Crippen molar-refractivity contribution in [3.63, 3.8) is 0 Å². The molecule has 4 nitrogen and oxygen atoms in total. The van der Waals surface area contributed by atoms with E-state index < -0.39 is 0 Å². The fraction of sp³-hybridized carbons (Fsp3) is 0.316. The number of nitrogens with zero attached hydrogens (tertiary/aromatic N) is 1. The number of allylic oxidation sites excluding steroid dienone is 1. The number of carbonyl (C=O) groups is 1. The van der Waals surface area contributed by atoms with Gasteiger partial charge in [0.25, 0.3) is 5.91 Å². The topological polar surface area (TPSA) is 43.3 Å². The quantitative estimate of drug-likeness (QED) is 0.818. The number of aryl methyl sites for hydroxylation is 2. The van der Waals surface area contributed by atoms with Gasteiger partial charge in [0, 0.05) is 27.5 Å². The van der Waals surface area contributed by atoms with Crippen LogP contribution in [0.2, 0.25) is 0 Å². The third kappa shape index (κ3) is 3.26. The average Bonchev–Trinajstić information content (AvgIpc) is 3.16. The van der Waals surface area contributed by atoms with Gasteiger partial charge in [-0.3, -0.25) is 4.79 Å².